The minimum Gasteiger partial charge on any atom is -0.485 e. The number of aromatic nitrogens is 3. The van der Waals surface area contributed by atoms with Gasteiger partial charge in [0, 0.05) is 23.5 Å². The van der Waals surface area contributed by atoms with Crippen molar-refractivity contribution in [3.05, 3.63) is 60.2 Å². The largest absolute Gasteiger partial charge is 0.485 e. The molecular formula is C18H15N3O3. The van der Waals surface area contributed by atoms with Crippen LogP contribution in [0.2, 0.25) is 0 Å². The fraction of sp³-hybridized carbons (Fsp3) is 0.167. The molecular weight excluding hydrogens is 306 g/mol. The standard InChI is InChI=1S/C18H15N3O3/c1-2-23-18(22)17-16(12-6-5-9-19-10-12)14-11-24-15-8-4-3-7-13(15)21(14)20-17/h3-10H,2,11H2,1H3. The summed E-state index contributed by atoms with van der Waals surface area (Å²) in [6, 6.07) is 11.3. The Morgan fingerprint density at radius 3 is 2.96 bits per heavy atom. The summed E-state index contributed by atoms with van der Waals surface area (Å²) in [6.45, 7) is 2.39. The molecule has 4 rings (SSSR count). The third-order valence-electron chi connectivity index (χ3n) is 3.86. The van der Waals surface area contributed by atoms with Crippen molar-refractivity contribution in [3.8, 4) is 22.6 Å². The van der Waals surface area contributed by atoms with Crippen LogP contribution in [0.3, 0.4) is 0 Å². The highest BCUT2D eigenvalue weighted by Gasteiger charge is 2.29. The average Bonchev–Trinajstić information content (AvgIpc) is 3.03. The van der Waals surface area contributed by atoms with Gasteiger partial charge in [-0.2, -0.15) is 5.10 Å². The van der Waals surface area contributed by atoms with Crippen LogP contribution in [0.5, 0.6) is 5.75 Å². The van der Waals surface area contributed by atoms with Gasteiger partial charge in [-0.1, -0.05) is 18.2 Å². The third kappa shape index (κ3) is 2.23. The predicted molar refractivity (Wildman–Crippen MR) is 87.1 cm³/mol. The quantitative estimate of drug-likeness (QED) is 0.694. The number of rotatable bonds is 3. The molecule has 0 amide bonds. The Labute approximate surface area is 138 Å². The molecule has 0 unspecified atom stereocenters. The lowest BCUT2D eigenvalue weighted by atomic mass is 10.0. The Kier molecular flexibility index (Phi) is 3.49. The van der Waals surface area contributed by atoms with Crippen LogP contribution < -0.4 is 4.74 Å². The van der Waals surface area contributed by atoms with Crippen molar-refractivity contribution < 1.29 is 14.3 Å². The van der Waals surface area contributed by atoms with E-state index < -0.39 is 5.97 Å². The van der Waals surface area contributed by atoms with E-state index in [1.807, 2.05) is 36.4 Å². The number of fused-ring (bicyclic) bond motifs is 3. The number of hydrogen-bond acceptors (Lipinski definition) is 5. The van der Waals surface area contributed by atoms with Crippen molar-refractivity contribution >= 4 is 5.97 Å². The zero-order valence-electron chi connectivity index (χ0n) is 13.1. The predicted octanol–water partition coefficient (Wildman–Crippen LogP) is 3.00. The van der Waals surface area contributed by atoms with Gasteiger partial charge < -0.3 is 9.47 Å². The molecule has 0 spiro atoms. The summed E-state index contributed by atoms with van der Waals surface area (Å²) in [6.07, 6.45) is 3.40. The van der Waals surface area contributed by atoms with Gasteiger partial charge in [-0.15, -0.1) is 0 Å². The second kappa shape index (κ2) is 5.81. The van der Waals surface area contributed by atoms with Gasteiger partial charge >= 0.3 is 5.97 Å². The SMILES string of the molecule is CCOC(=O)c1nn2c(c1-c1cccnc1)COc1ccccc1-2. The van der Waals surface area contributed by atoms with E-state index in [1.54, 1.807) is 24.0 Å². The Bertz CT molecular complexity index is 903. The van der Waals surface area contributed by atoms with E-state index in [9.17, 15) is 4.79 Å². The Hall–Kier alpha value is -3.15. The second-order valence-electron chi connectivity index (χ2n) is 5.30. The minimum absolute atomic E-state index is 0.278. The van der Waals surface area contributed by atoms with Crippen molar-refractivity contribution in [1.29, 1.82) is 0 Å². The summed E-state index contributed by atoms with van der Waals surface area (Å²) in [5.74, 6) is 0.288. The smallest absolute Gasteiger partial charge is 0.359 e. The number of carbonyl (C=O) groups excluding carboxylic acids is 1. The normalized spacial score (nSPS) is 12.0. The van der Waals surface area contributed by atoms with Gasteiger partial charge in [-0.05, 0) is 25.1 Å². The van der Waals surface area contributed by atoms with E-state index in [1.165, 1.54) is 0 Å². The molecule has 0 atom stereocenters. The zero-order valence-corrected chi connectivity index (χ0v) is 13.1. The average molecular weight is 321 g/mol. The van der Waals surface area contributed by atoms with Crippen LogP contribution in [-0.2, 0) is 11.3 Å². The highest BCUT2D eigenvalue weighted by Crippen LogP contribution is 2.36. The molecule has 0 fully saturated rings. The number of nitrogens with zero attached hydrogens (tertiary/aromatic N) is 3. The van der Waals surface area contributed by atoms with E-state index in [0.717, 1.165) is 22.7 Å². The first kappa shape index (κ1) is 14.4. The van der Waals surface area contributed by atoms with Crippen LogP contribution >= 0.6 is 0 Å². The first-order valence-electron chi connectivity index (χ1n) is 7.71. The second-order valence-corrected chi connectivity index (χ2v) is 5.30. The number of esters is 1. The van der Waals surface area contributed by atoms with Gasteiger partial charge in [-0.25, -0.2) is 9.48 Å². The van der Waals surface area contributed by atoms with E-state index in [0.29, 0.717) is 18.8 Å². The maximum atomic E-state index is 12.4. The van der Waals surface area contributed by atoms with Gasteiger partial charge in [0.05, 0.1) is 12.3 Å². The van der Waals surface area contributed by atoms with Gasteiger partial charge in [0.25, 0.3) is 0 Å². The summed E-state index contributed by atoms with van der Waals surface area (Å²) in [7, 11) is 0. The maximum absolute atomic E-state index is 12.4. The molecule has 3 aromatic rings. The van der Waals surface area contributed by atoms with E-state index in [2.05, 4.69) is 10.1 Å². The number of ether oxygens (including phenoxy) is 2. The summed E-state index contributed by atoms with van der Waals surface area (Å²) in [5.41, 5.74) is 3.41. The van der Waals surface area contributed by atoms with Crippen molar-refractivity contribution in [2.24, 2.45) is 0 Å². The number of benzene rings is 1. The molecule has 6 nitrogen and oxygen atoms in total. The summed E-state index contributed by atoms with van der Waals surface area (Å²) >= 11 is 0. The van der Waals surface area contributed by atoms with Crippen molar-refractivity contribution in [2.45, 2.75) is 13.5 Å². The van der Waals surface area contributed by atoms with Crippen LogP contribution in [0.15, 0.2) is 48.8 Å². The minimum atomic E-state index is -0.448. The molecule has 24 heavy (non-hydrogen) atoms. The van der Waals surface area contributed by atoms with E-state index >= 15 is 0 Å². The molecule has 1 aliphatic heterocycles. The maximum Gasteiger partial charge on any atom is 0.359 e. The van der Waals surface area contributed by atoms with Crippen LogP contribution in [-0.4, -0.2) is 27.3 Å². The molecule has 0 saturated heterocycles. The van der Waals surface area contributed by atoms with Crippen LogP contribution in [0.25, 0.3) is 16.8 Å². The monoisotopic (exact) mass is 321 g/mol. The summed E-state index contributed by atoms with van der Waals surface area (Å²) < 4.78 is 12.8. The number of carbonyl (C=O) groups is 1. The topological polar surface area (TPSA) is 66.2 Å². The van der Waals surface area contributed by atoms with Crippen molar-refractivity contribution in [2.75, 3.05) is 6.61 Å². The van der Waals surface area contributed by atoms with Gasteiger partial charge in [-0.3, -0.25) is 4.98 Å². The summed E-state index contributed by atoms with van der Waals surface area (Å²) in [4.78, 5) is 16.6. The lowest BCUT2D eigenvalue weighted by molar-refractivity contribution is 0.0520. The van der Waals surface area contributed by atoms with Crippen LogP contribution in [0.1, 0.15) is 23.1 Å². The lowest BCUT2D eigenvalue weighted by Crippen LogP contribution is -2.13. The zero-order chi connectivity index (χ0) is 16.5. The van der Waals surface area contributed by atoms with E-state index in [-0.39, 0.29) is 5.69 Å². The molecule has 0 radical (unpaired) electrons. The highest BCUT2D eigenvalue weighted by atomic mass is 16.5. The Morgan fingerprint density at radius 2 is 2.17 bits per heavy atom. The lowest BCUT2D eigenvalue weighted by Gasteiger charge is -2.19. The third-order valence-corrected chi connectivity index (χ3v) is 3.86. The fourth-order valence-corrected chi connectivity index (χ4v) is 2.84. The molecule has 0 aliphatic carbocycles. The molecule has 3 heterocycles. The summed E-state index contributed by atoms with van der Waals surface area (Å²) in [5, 5.41) is 4.52. The number of para-hydroxylation sites is 2. The molecule has 0 N–H and O–H groups in total. The molecule has 2 aromatic heterocycles. The Balaban J connectivity index is 1.96. The van der Waals surface area contributed by atoms with Gasteiger partial charge in [0.1, 0.15) is 18.0 Å². The van der Waals surface area contributed by atoms with Crippen LogP contribution in [0.4, 0.5) is 0 Å². The first-order chi connectivity index (χ1) is 11.8. The fourth-order valence-electron chi connectivity index (χ4n) is 2.84. The molecule has 0 bridgehead atoms. The van der Waals surface area contributed by atoms with E-state index in [4.69, 9.17) is 9.47 Å². The Morgan fingerprint density at radius 1 is 1.29 bits per heavy atom. The van der Waals surface area contributed by atoms with Gasteiger partial charge in [0.15, 0.2) is 5.69 Å². The molecule has 1 aliphatic rings. The highest BCUT2D eigenvalue weighted by molar-refractivity contribution is 5.96. The van der Waals surface area contributed by atoms with Crippen molar-refractivity contribution in [1.82, 2.24) is 14.8 Å². The number of pyridine rings is 1. The van der Waals surface area contributed by atoms with Crippen LogP contribution in [0, 0.1) is 0 Å². The van der Waals surface area contributed by atoms with Crippen molar-refractivity contribution in [3.63, 3.8) is 0 Å². The first-order valence-corrected chi connectivity index (χ1v) is 7.71. The molecule has 1 aromatic carbocycles. The molecule has 0 saturated carbocycles. The molecule has 6 heteroatoms. The number of hydrogen-bond donors (Lipinski definition) is 0. The molecule has 120 valence electrons. The van der Waals surface area contributed by atoms with Gasteiger partial charge in [0.2, 0.25) is 0 Å².